The van der Waals surface area contributed by atoms with Gasteiger partial charge in [-0.3, -0.25) is 4.98 Å². The molecule has 1 saturated heterocycles. The minimum atomic E-state index is -0.206. The van der Waals surface area contributed by atoms with Gasteiger partial charge in [0, 0.05) is 31.4 Å². The van der Waals surface area contributed by atoms with Crippen LogP contribution in [0.5, 0.6) is 0 Å². The summed E-state index contributed by atoms with van der Waals surface area (Å²) in [6.45, 7) is 3.36. The third kappa shape index (κ3) is 4.61. The average Bonchev–Trinajstić information content (AvgIpc) is 2.63. The second-order valence-electron chi connectivity index (χ2n) is 5.87. The molecule has 25 heavy (non-hydrogen) atoms. The van der Waals surface area contributed by atoms with Gasteiger partial charge in [-0.05, 0) is 30.3 Å². The van der Waals surface area contributed by atoms with Gasteiger partial charge in [0.15, 0.2) is 0 Å². The van der Waals surface area contributed by atoms with Gasteiger partial charge >= 0.3 is 6.03 Å². The van der Waals surface area contributed by atoms with Gasteiger partial charge in [-0.2, -0.15) is 0 Å². The zero-order chi connectivity index (χ0) is 17.6. The summed E-state index contributed by atoms with van der Waals surface area (Å²) in [5.41, 5.74) is 2.49. The zero-order valence-electron chi connectivity index (χ0n) is 14.1. The van der Waals surface area contributed by atoms with Crippen LogP contribution in [-0.4, -0.2) is 49.3 Å². The number of halogens is 1. The molecule has 0 atom stereocenters. The summed E-state index contributed by atoms with van der Waals surface area (Å²) in [6.07, 6.45) is 1.72. The number of morpholine rings is 1. The Morgan fingerprint density at radius 2 is 2.12 bits per heavy atom. The number of urea groups is 1. The van der Waals surface area contributed by atoms with Crippen LogP contribution in [0.25, 0.3) is 0 Å². The Bertz CT molecular complexity index is 720. The van der Waals surface area contributed by atoms with Gasteiger partial charge in [0.05, 0.1) is 36.8 Å². The molecular weight excluding hydrogens is 340 g/mol. The van der Waals surface area contributed by atoms with E-state index in [0.29, 0.717) is 30.5 Å². The number of carbonyl (C=O) groups excluding carboxylic acids is 1. The summed E-state index contributed by atoms with van der Waals surface area (Å²) in [5.74, 6) is 0. The number of carbonyl (C=O) groups is 1. The lowest BCUT2D eigenvalue weighted by Crippen LogP contribution is -2.37. The first-order chi connectivity index (χ1) is 12.1. The normalized spacial score (nSPS) is 14.2. The minimum absolute atomic E-state index is 0.206. The maximum Gasteiger partial charge on any atom is 0.321 e. The van der Waals surface area contributed by atoms with Crippen molar-refractivity contribution < 1.29 is 9.53 Å². The number of nitrogens with one attached hydrogen (secondary N) is 1. The number of hydrogen-bond donors (Lipinski definition) is 1. The van der Waals surface area contributed by atoms with Gasteiger partial charge in [0.1, 0.15) is 0 Å². The molecule has 1 aliphatic heterocycles. The van der Waals surface area contributed by atoms with Crippen molar-refractivity contribution >= 4 is 29.0 Å². The molecule has 7 heteroatoms. The maximum absolute atomic E-state index is 12.6. The largest absolute Gasteiger partial charge is 0.378 e. The summed E-state index contributed by atoms with van der Waals surface area (Å²) in [5, 5.41) is 3.54. The summed E-state index contributed by atoms with van der Waals surface area (Å²) in [7, 11) is 1.74. The Hall–Kier alpha value is -2.31. The van der Waals surface area contributed by atoms with Crippen molar-refractivity contribution in [3.63, 3.8) is 0 Å². The highest BCUT2D eigenvalue weighted by atomic mass is 35.5. The number of amides is 2. The lowest BCUT2D eigenvalue weighted by Gasteiger charge is -2.31. The van der Waals surface area contributed by atoms with Crippen molar-refractivity contribution in [1.29, 1.82) is 0 Å². The molecule has 0 radical (unpaired) electrons. The van der Waals surface area contributed by atoms with Crippen molar-refractivity contribution in [1.82, 2.24) is 9.88 Å². The zero-order valence-corrected chi connectivity index (χ0v) is 14.9. The Kier molecular flexibility index (Phi) is 5.73. The van der Waals surface area contributed by atoms with Crippen LogP contribution in [0.4, 0.5) is 16.2 Å². The molecule has 2 heterocycles. The number of anilines is 2. The fourth-order valence-electron chi connectivity index (χ4n) is 2.71. The van der Waals surface area contributed by atoms with Crippen LogP contribution in [0.15, 0.2) is 42.6 Å². The molecule has 0 unspecified atom stereocenters. The molecule has 3 rings (SSSR count). The molecule has 0 aliphatic carbocycles. The topological polar surface area (TPSA) is 57.7 Å². The molecule has 0 spiro atoms. The van der Waals surface area contributed by atoms with E-state index in [-0.39, 0.29) is 6.03 Å². The first-order valence-electron chi connectivity index (χ1n) is 8.18. The van der Waals surface area contributed by atoms with Crippen molar-refractivity contribution in [2.75, 3.05) is 43.6 Å². The number of ether oxygens (including phenoxy) is 1. The molecule has 1 aliphatic rings. The number of aromatic nitrogens is 1. The van der Waals surface area contributed by atoms with Gasteiger partial charge in [-0.25, -0.2) is 4.79 Å². The molecule has 2 amide bonds. The Morgan fingerprint density at radius 3 is 2.84 bits per heavy atom. The second kappa shape index (κ2) is 8.18. The predicted octanol–water partition coefficient (Wildman–Crippen LogP) is 3.24. The average molecular weight is 361 g/mol. The number of hydrogen-bond acceptors (Lipinski definition) is 4. The quantitative estimate of drug-likeness (QED) is 0.909. The second-order valence-corrected chi connectivity index (χ2v) is 6.30. The number of pyridine rings is 1. The van der Waals surface area contributed by atoms with Gasteiger partial charge in [0.2, 0.25) is 0 Å². The molecule has 132 valence electrons. The van der Waals surface area contributed by atoms with E-state index in [1.165, 1.54) is 0 Å². The molecule has 2 aromatic rings. The first kappa shape index (κ1) is 17.5. The Morgan fingerprint density at radius 1 is 1.32 bits per heavy atom. The molecular formula is C18H21ClN4O2. The summed E-state index contributed by atoms with van der Waals surface area (Å²) in [6, 6.07) is 11.0. The lowest BCUT2D eigenvalue weighted by molar-refractivity contribution is 0.123. The van der Waals surface area contributed by atoms with Crippen molar-refractivity contribution in [2.45, 2.75) is 6.54 Å². The molecule has 1 fully saturated rings. The van der Waals surface area contributed by atoms with E-state index in [2.05, 4.69) is 15.2 Å². The van der Waals surface area contributed by atoms with E-state index in [1.807, 2.05) is 30.3 Å². The predicted molar refractivity (Wildman–Crippen MR) is 99.2 cm³/mol. The van der Waals surface area contributed by atoms with Crippen molar-refractivity contribution in [3.8, 4) is 0 Å². The number of rotatable bonds is 4. The van der Waals surface area contributed by atoms with Crippen molar-refractivity contribution in [2.24, 2.45) is 0 Å². The highest BCUT2D eigenvalue weighted by molar-refractivity contribution is 6.31. The van der Waals surface area contributed by atoms with E-state index < -0.39 is 0 Å². The van der Waals surface area contributed by atoms with Gasteiger partial charge in [-0.15, -0.1) is 0 Å². The van der Waals surface area contributed by atoms with Crippen LogP contribution in [0, 0.1) is 0 Å². The van der Waals surface area contributed by atoms with E-state index in [1.54, 1.807) is 24.2 Å². The van der Waals surface area contributed by atoms with Crippen LogP contribution < -0.4 is 10.2 Å². The van der Waals surface area contributed by atoms with Crippen LogP contribution in [-0.2, 0) is 11.3 Å². The summed E-state index contributed by atoms with van der Waals surface area (Å²) >= 11 is 6.13. The molecule has 6 nitrogen and oxygen atoms in total. The molecule has 0 bridgehead atoms. The first-order valence-corrected chi connectivity index (χ1v) is 8.55. The summed E-state index contributed by atoms with van der Waals surface area (Å²) < 4.78 is 5.40. The molecule has 0 saturated carbocycles. The van der Waals surface area contributed by atoms with E-state index >= 15 is 0 Å². The molecule has 1 N–H and O–H groups in total. The van der Waals surface area contributed by atoms with Crippen molar-refractivity contribution in [3.05, 3.63) is 53.3 Å². The van der Waals surface area contributed by atoms with Crippen LogP contribution in [0.2, 0.25) is 5.02 Å². The maximum atomic E-state index is 12.6. The third-order valence-corrected chi connectivity index (χ3v) is 4.26. The highest BCUT2D eigenvalue weighted by Gasteiger charge is 2.18. The van der Waals surface area contributed by atoms with E-state index in [4.69, 9.17) is 16.3 Å². The van der Waals surface area contributed by atoms with Crippen LogP contribution in [0.1, 0.15) is 5.69 Å². The minimum Gasteiger partial charge on any atom is -0.378 e. The standard InChI is InChI=1S/C18H21ClN4O2/c1-22(13-15-4-2-3-7-20-15)18(24)21-16-12-14(19)5-6-17(16)23-8-10-25-11-9-23/h2-7,12H,8-11,13H2,1H3,(H,21,24). The number of benzene rings is 1. The highest BCUT2D eigenvalue weighted by Crippen LogP contribution is 2.30. The number of nitrogens with zero attached hydrogens (tertiary/aromatic N) is 3. The SMILES string of the molecule is CN(Cc1ccccn1)C(=O)Nc1cc(Cl)ccc1N1CCOCC1. The molecule has 1 aromatic carbocycles. The smallest absolute Gasteiger partial charge is 0.321 e. The fourth-order valence-corrected chi connectivity index (χ4v) is 2.88. The van der Waals surface area contributed by atoms with Gasteiger partial charge in [-0.1, -0.05) is 17.7 Å². The summed E-state index contributed by atoms with van der Waals surface area (Å²) in [4.78, 5) is 20.6. The third-order valence-electron chi connectivity index (χ3n) is 4.02. The van der Waals surface area contributed by atoms with E-state index in [0.717, 1.165) is 24.5 Å². The van der Waals surface area contributed by atoms with E-state index in [9.17, 15) is 4.79 Å². The fraction of sp³-hybridized carbons (Fsp3) is 0.333. The Labute approximate surface area is 152 Å². The van der Waals surface area contributed by atoms with Crippen LogP contribution >= 0.6 is 11.6 Å². The lowest BCUT2D eigenvalue weighted by atomic mass is 10.2. The van der Waals surface area contributed by atoms with Crippen LogP contribution in [0.3, 0.4) is 0 Å². The van der Waals surface area contributed by atoms with Gasteiger partial charge < -0.3 is 19.9 Å². The Balaban J connectivity index is 1.72. The monoisotopic (exact) mass is 360 g/mol. The van der Waals surface area contributed by atoms with Gasteiger partial charge in [0.25, 0.3) is 0 Å². The molecule has 1 aromatic heterocycles.